The maximum absolute atomic E-state index is 13.6. The molecule has 1 fully saturated rings. The third kappa shape index (κ3) is 4.27. The number of thiophene rings is 1. The number of nitrogens with one attached hydrogen (secondary N) is 1. The van der Waals surface area contributed by atoms with Gasteiger partial charge >= 0.3 is 6.03 Å². The number of rotatable bonds is 2. The first-order valence-corrected chi connectivity index (χ1v) is 10.9. The standard InChI is InChI=1S/C22H21ClFN3O2S/c1-14-18-13-16(24)5-8-19(18)30-20(14)21(28)26-9-2-10-27(12-11-26)22(29)25-17-6-3-15(23)4-7-17/h3-8,13H,2,9-12H2,1H3,(H,25,29). The Bertz CT molecular complexity index is 1100. The highest BCUT2D eigenvalue weighted by Gasteiger charge is 2.25. The van der Waals surface area contributed by atoms with Gasteiger partial charge in [-0.3, -0.25) is 4.79 Å². The van der Waals surface area contributed by atoms with E-state index in [-0.39, 0.29) is 17.8 Å². The van der Waals surface area contributed by atoms with Crippen molar-refractivity contribution in [3.8, 4) is 0 Å². The van der Waals surface area contributed by atoms with E-state index in [4.69, 9.17) is 11.6 Å². The highest BCUT2D eigenvalue weighted by Crippen LogP contribution is 2.32. The molecule has 1 saturated heterocycles. The first kappa shape index (κ1) is 20.6. The Morgan fingerprint density at radius 3 is 2.50 bits per heavy atom. The molecule has 1 aliphatic heterocycles. The minimum atomic E-state index is -0.306. The summed E-state index contributed by atoms with van der Waals surface area (Å²) in [6.45, 7) is 3.90. The van der Waals surface area contributed by atoms with E-state index < -0.39 is 0 Å². The zero-order valence-corrected chi connectivity index (χ0v) is 18.0. The van der Waals surface area contributed by atoms with Crippen LogP contribution in [0, 0.1) is 12.7 Å². The van der Waals surface area contributed by atoms with E-state index in [1.54, 1.807) is 40.1 Å². The molecule has 8 heteroatoms. The fourth-order valence-electron chi connectivity index (χ4n) is 3.60. The Hall–Kier alpha value is -2.64. The average Bonchev–Trinajstić information content (AvgIpc) is 2.91. The molecule has 1 N–H and O–H groups in total. The summed E-state index contributed by atoms with van der Waals surface area (Å²) in [5.41, 5.74) is 1.48. The quantitative estimate of drug-likeness (QED) is 0.575. The van der Waals surface area contributed by atoms with Crippen molar-refractivity contribution >= 4 is 50.6 Å². The lowest BCUT2D eigenvalue weighted by Gasteiger charge is -2.22. The van der Waals surface area contributed by atoms with Crippen molar-refractivity contribution in [1.82, 2.24) is 9.80 Å². The van der Waals surface area contributed by atoms with Crippen molar-refractivity contribution in [2.24, 2.45) is 0 Å². The zero-order valence-electron chi connectivity index (χ0n) is 16.5. The maximum Gasteiger partial charge on any atom is 0.321 e. The lowest BCUT2D eigenvalue weighted by molar-refractivity contribution is 0.0767. The number of nitrogens with zero attached hydrogens (tertiary/aromatic N) is 2. The SMILES string of the molecule is Cc1c(C(=O)N2CCCN(C(=O)Nc3ccc(Cl)cc3)CC2)sc2ccc(F)cc12. The molecule has 2 heterocycles. The van der Waals surface area contributed by atoms with E-state index in [0.29, 0.717) is 48.2 Å². The van der Waals surface area contributed by atoms with Gasteiger partial charge in [-0.2, -0.15) is 0 Å². The largest absolute Gasteiger partial charge is 0.336 e. The number of urea groups is 1. The molecule has 0 radical (unpaired) electrons. The predicted octanol–water partition coefficient (Wildman–Crippen LogP) is 5.38. The second kappa shape index (κ2) is 8.62. The number of hydrogen-bond acceptors (Lipinski definition) is 3. The summed E-state index contributed by atoms with van der Waals surface area (Å²) in [7, 11) is 0. The molecule has 30 heavy (non-hydrogen) atoms. The van der Waals surface area contributed by atoms with Crippen LogP contribution in [0.2, 0.25) is 5.02 Å². The van der Waals surface area contributed by atoms with Crippen LogP contribution >= 0.6 is 22.9 Å². The number of hydrogen-bond donors (Lipinski definition) is 1. The molecule has 3 amide bonds. The van der Waals surface area contributed by atoms with Gasteiger partial charge in [0.15, 0.2) is 0 Å². The smallest absolute Gasteiger partial charge is 0.321 e. The van der Waals surface area contributed by atoms with Crippen molar-refractivity contribution in [3.05, 3.63) is 63.7 Å². The van der Waals surface area contributed by atoms with Crippen molar-refractivity contribution in [3.63, 3.8) is 0 Å². The van der Waals surface area contributed by atoms with Crippen LogP contribution in [0.5, 0.6) is 0 Å². The van der Waals surface area contributed by atoms with Crippen LogP contribution in [0.25, 0.3) is 10.1 Å². The number of amides is 3. The van der Waals surface area contributed by atoms with Gasteiger partial charge in [0.05, 0.1) is 4.88 Å². The van der Waals surface area contributed by atoms with Gasteiger partial charge in [0, 0.05) is 41.6 Å². The first-order valence-electron chi connectivity index (χ1n) is 9.72. The Kier molecular flexibility index (Phi) is 5.92. The number of fused-ring (bicyclic) bond motifs is 1. The second-order valence-corrected chi connectivity index (χ2v) is 8.76. The minimum absolute atomic E-state index is 0.0610. The van der Waals surface area contributed by atoms with Gasteiger partial charge in [0.1, 0.15) is 5.82 Å². The van der Waals surface area contributed by atoms with Crippen LogP contribution in [-0.2, 0) is 0 Å². The predicted molar refractivity (Wildman–Crippen MR) is 119 cm³/mol. The van der Waals surface area contributed by atoms with Crippen molar-refractivity contribution in [1.29, 1.82) is 0 Å². The van der Waals surface area contributed by atoms with Crippen LogP contribution in [0.1, 0.15) is 21.7 Å². The molecule has 0 atom stereocenters. The number of halogens is 2. The van der Waals surface area contributed by atoms with Crippen molar-refractivity contribution in [2.45, 2.75) is 13.3 Å². The lowest BCUT2D eigenvalue weighted by atomic mass is 10.1. The highest BCUT2D eigenvalue weighted by atomic mass is 35.5. The van der Waals surface area contributed by atoms with E-state index in [2.05, 4.69) is 5.32 Å². The molecule has 0 spiro atoms. The van der Waals surface area contributed by atoms with E-state index in [0.717, 1.165) is 15.6 Å². The summed E-state index contributed by atoms with van der Waals surface area (Å²) in [6, 6.07) is 11.4. The summed E-state index contributed by atoms with van der Waals surface area (Å²) in [6.07, 6.45) is 0.693. The van der Waals surface area contributed by atoms with Gasteiger partial charge in [0.25, 0.3) is 5.91 Å². The molecule has 0 bridgehead atoms. The lowest BCUT2D eigenvalue weighted by Crippen LogP contribution is -2.39. The van der Waals surface area contributed by atoms with Gasteiger partial charge in [-0.05, 0) is 66.8 Å². The summed E-state index contributed by atoms with van der Waals surface area (Å²) < 4.78 is 14.5. The summed E-state index contributed by atoms with van der Waals surface area (Å²) in [5.74, 6) is -0.367. The minimum Gasteiger partial charge on any atom is -0.336 e. The monoisotopic (exact) mass is 445 g/mol. The van der Waals surface area contributed by atoms with Crippen molar-refractivity contribution < 1.29 is 14.0 Å². The van der Waals surface area contributed by atoms with Gasteiger partial charge in [-0.25, -0.2) is 9.18 Å². The zero-order chi connectivity index (χ0) is 21.3. The molecule has 156 valence electrons. The summed E-state index contributed by atoms with van der Waals surface area (Å²) >= 11 is 7.27. The molecular formula is C22H21ClFN3O2S. The molecular weight excluding hydrogens is 425 g/mol. The van der Waals surface area contributed by atoms with E-state index in [1.165, 1.54) is 23.5 Å². The van der Waals surface area contributed by atoms with Crippen LogP contribution in [0.15, 0.2) is 42.5 Å². The summed E-state index contributed by atoms with van der Waals surface area (Å²) in [4.78, 5) is 29.9. The highest BCUT2D eigenvalue weighted by molar-refractivity contribution is 7.21. The van der Waals surface area contributed by atoms with Crippen LogP contribution in [-0.4, -0.2) is 47.9 Å². The third-order valence-electron chi connectivity index (χ3n) is 5.26. The number of aryl methyl sites for hydroxylation is 1. The number of carbonyl (C=O) groups excluding carboxylic acids is 2. The molecule has 0 aliphatic carbocycles. The number of benzene rings is 2. The molecule has 4 rings (SSSR count). The van der Waals surface area contributed by atoms with Gasteiger partial charge < -0.3 is 15.1 Å². The van der Waals surface area contributed by atoms with E-state index >= 15 is 0 Å². The molecule has 1 aromatic heterocycles. The van der Waals surface area contributed by atoms with Gasteiger partial charge in [-0.1, -0.05) is 11.6 Å². The molecule has 2 aromatic carbocycles. The molecule has 0 unspecified atom stereocenters. The maximum atomic E-state index is 13.6. The van der Waals surface area contributed by atoms with Gasteiger partial charge in [-0.15, -0.1) is 11.3 Å². The normalized spacial score (nSPS) is 14.6. The number of anilines is 1. The average molecular weight is 446 g/mol. The van der Waals surface area contributed by atoms with Crippen molar-refractivity contribution in [2.75, 3.05) is 31.5 Å². The molecule has 5 nitrogen and oxygen atoms in total. The number of carbonyl (C=O) groups is 2. The van der Waals surface area contributed by atoms with E-state index in [1.807, 2.05) is 6.92 Å². The fraction of sp³-hybridized carbons (Fsp3) is 0.273. The Labute approximate surface area is 183 Å². The molecule has 3 aromatic rings. The Morgan fingerprint density at radius 1 is 1.03 bits per heavy atom. The van der Waals surface area contributed by atoms with Crippen LogP contribution in [0.4, 0.5) is 14.9 Å². The van der Waals surface area contributed by atoms with Gasteiger partial charge in [0.2, 0.25) is 0 Å². The van der Waals surface area contributed by atoms with Crippen LogP contribution in [0.3, 0.4) is 0 Å². The second-order valence-electron chi connectivity index (χ2n) is 7.27. The molecule has 1 aliphatic rings. The van der Waals surface area contributed by atoms with Crippen LogP contribution < -0.4 is 5.32 Å². The fourth-order valence-corrected chi connectivity index (χ4v) is 4.88. The first-order chi connectivity index (χ1) is 14.4. The summed E-state index contributed by atoms with van der Waals surface area (Å²) in [5, 5.41) is 4.25. The van der Waals surface area contributed by atoms with E-state index in [9.17, 15) is 14.0 Å². The Morgan fingerprint density at radius 2 is 1.73 bits per heavy atom. The Balaban J connectivity index is 1.43. The molecule has 0 saturated carbocycles. The third-order valence-corrected chi connectivity index (χ3v) is 6.77. The topological polar surface area (TPSA) is 52.7 Å².